The minimum atomic E-state index is 0.627. The zero-order valence-electron chi connectivity index (χ0n) is 33.1. The van der Waals surface area contributed by atoms with Gasteiger partial charge in [0.1, 0.15) is 0 Å². The van der Waals surface area contributed by atoms with Crippen molar-refractivity contribution in [2.24, 2.45) is 0 Å². The van der Waals surface area contributed by atoms with E-state index in [1.165, 1.54) is 54.8 Å². The third-order valence-corrected chi connectivity index (χ3v) is 12.0. The first-order valence-electron chi connectivity index (χ1n) is 20.7. The number of rotatable bonds is 7. The van der Waals surface area contributed by atoms with E-state index >= 15 is 0 Å². The molecule has 0 bridgehead atoms. The van der Waals surface area contributed by atoms with Gasteiger partial charge in [0.15, 0.2) is 17.5 Å². The van der Waals surface area contributed by atoms with Crippen LogP contribution in [0.15, 0.2) is 218 Å². The van der Waals surface area contributed by atoms with E-state index in [1.54, 1.807) is 0 Å². The van der Waals surface area contributed by atoms with E-state index in [1.807, 2.05) is 6.07 Å². The molecule has 0 N–H and O–H groups in total. The van der Waals surface area contributed by atoms with Crippen molar-refractivity contribution in [1.82, 2.24) is 19.4 Å². The molecule has 0 fully saturated rings. The molecule has 0 saturated carbocycles. The van der Waals surface area contributed by atoms with Crippen LogP contribution in [-0.2, 0) is 0 Å². The summed E-state index contributed by atoms with van der Waals surface area (Å²) in [5, 5.41) is 5.08. The summed E-state index contributed by atoms with van der Waals surface area (Å²) < 4.78 is 2.42. The Morgan fingerprint density at radius 2 is 0.590 bits per heavy atom. The van der Waals surface area contributed by atoms with Crippen molar-refractivity contribution in [2.75, 3.05) is 0 Å². The summed E-state index contributed by atoms with van der Waals surface area (Å²) in [6, 6.07) is 77.4. The molecule has 3 aromatic heterocycles. The normalized spacial score (nSPS) is 11.6. The zero-order valence-corrected chi connectivity index (χ0v) is 33.1. The highest BCUT2D eigenvalue weighted by atomic mass is 15.0. The van der Waals surface area contributed by atoms with Crippen LogP contribution in [0, 0.1) is 0 Å². The fraction of sp³-hybridized carbons (Fsp3) is 0. The molecule has 0 aliphatic heterocycles. The molecule has 4 heteroatoms. The largest absolute Gasteiger partial charge is 0.308 e. The van der Waals surface area contributed by atoms with Crippen LogP contribution in [0.1, 0.15) is 0 Å². The lowest BCUT2D eigenvalue weighted by Gasteiger charge is -2.11. The summed E-state index contributed by atoms with van der Waals surface area (Å²) in [5.41, 5.74) is 15.8. The van der Waals surface area contributed by atoms with Crippen LogP contribution in [0.4, 0.5) is 0 Å². The number of nitrogens with zero attached hydrogens (tertiary/aromatic N) is 4. The van der Waals surface area contributed by atoms with E-state index in [9.17, 15) is 0 Å². The average molecular weight is 777 g/mol. The molecule has 0 aliphatic rings. The Labute approximate surface area is 353 Å². The van der Waals surface area contributed by atoms with Gasteiger partial charge in [-0.05, 0) is 74.8 Å². The quantitative estimate of drug-likeness (QED) is 0.162. The number of aromatic nitrogens is 4. The van der Waals surface area contributed by atoms with Crippen LogP contribution in [0.25, 0.3) is 117 Å². The molecule has 0 aliphatic carbocycles. The first-order valence-corrected chi connectivity index (χ1v) is 20.7. The molecule has 0 saturated heterocycles. The molecule has 12 aromatic rings. The topological polar surface area (TPSA) is 43.1 Å². The maximum Gasteiger partial charge on any atom is 0.164 e. The molecule has 3 heterocycles. The van der Waals surface area contributed by atoms with E-state index in [-0.39, 0.29) is 0 Å². The third kappa shape index (κ3) is 6.04. The standard InChI is InChI=1S/C57H36N4/c1-3-12-37(13-4-1)39-24-28-41(29-25-39)55-58-56(42-30-26-40(27-31-42)44-17-9-16-43(34-44)38-14-5-2-6-15-38)60-57(59-55)47-19-10-18-45(35-47)46-32-33-53-51(36-46)50-22-11-21-49-48-20-7-8-23-52(48)61(53)54(49)50/h1-36H. The van der Waals surface area contributed by atoms with Gasteiger partial charge in [0.25, 0.3) is 0 Å². The van der Waals surface area contributed by atoms with Gasteiger partial charge in [-0.15, -0.1) is 0 Å². The molecule has 0 atom stereocenters. The van der Waals surface area contributed by atoms with Gasteiger partial charge in [0.05, 0.1) is 16.6 Å². The van der Waals surface area contributed by atoms with Gasteiger partial charge < -0.3 is 4.40 Å². The van der Waals surface area contributed by atoms with Gasteiger partial charge in [-0.3, -0.25) is 0 Å². The lowest BCUT2D eigenvalue weighted by Crippen LogP contribution is -2.00. The molecular formula is C57H36N4. The number of benzene rings is 9. The van der Waals surface area contributed by atoms with E-state index in [4.69, 9.17) is 15.0 Å². The molecule has 9 aromatic carbocycles. The van der Waals surface area contributed by atoms with E-state index < -0.39 is 0 Å². The number of hydrogen-bond acceptors (Lipinski definition) is 3. The second-order valence-corrected chi connectivity index (χ2v) is 15.6. The van der Waals surface area contributed by atoms with Crippen molar-refractivity contribution in [2.45, 2.75) is 0 Å². The fourth-order valence-corrected chi connectivity index (χ4v) is 8.98. The van der Waals surface area contributed by atoms with Crippen molar-refractivity contribution >= 4 is 38.1 Å². The predicted molar refractivity (Wildman–Crippen MR) is 253 cm³/mol. The third-order valence-electron chi connectivity index (χ3n) is 12.0. The molecule has 0 amide bonds. The second kappa shape index (κ2) is 14.3. The monoisotopic (exact) mass is 776 g/mol. The highest BCUT2D eigenvalue weighted by Crippen LogP contribution is 2.40. The minimum Gasteiger partial charge on any atom is -0.308 e. The molecular weight excluding hydrogens is 741 g/mol. The van der Waals surface area contributed by atoms with Crippen LogP contribution in [0.3, 0.4) is 0 Å². The van der Waals surface area contributed by atoms with E-state index in [0.29, 0.717) is 17.5 Å². The Balaban J connectivity index is 0.947. The van der Waals surface area contributed by atoms with Crippen molar-refractivity contribution in [3.05, 3.63) is 218 Å². The van der Waals surface area contributed by atoms with Gasteiger partial charge in [-0.2, -0.15) is 0 Å². The van der Waals surface area contributed by atoms with E-state index in [0.717, 1.165) is 44.5 Å². The lowest BCUT2D eigenvalue weighted by molar-refractivity contribution is 1.07. The van der Waals surface area contributed by atoms with Crippen LogP contribution in [0.5, 0.6) is 0 Å². The Morgan fingerprint density at radius 3 is 1.23 bits per heavy atom. The Morgan fingerprint density at radius 1 is 0.230 bits per heavy atom. The molecule has 61 heavy (non-hydrogen) atoms. The van der Waals surface area contributed by atoms with Crippen molar-refractivity contribution in [3.8, 4) is 78.7 Å². The Hall–Kier alpha value is -8.21. The fourth-order valence-electron chi connectivity index (χ4n) is 8.98. The van der Waals surface area contributed by atoms with Crippen molar-refractivity contribution in [1.29, 1.82) is 0 Å². The maximum atomic E-state index is 5.16. The average Bonchev–Trinajstić information content (AvgIpc) is 3.87. The van der Waals surface area contributed by atoms with Crippen molar-refractivity contribution < 1.29 is 0 Å². The summed E-state index contributed by atoms with van der Waals surface area (Å²) in [6.45, 7) is 0. The highest BCUT2D eigenvalue weighted by Gasteiger charge is 2.18. The molecule has 0 radical (unpaired) electrons. The summed E-state index contributed by atoms with van der Waals surface area (Å²) in [6.07, 6.45) is 0. The van der Waals surface area contributed by atoms with Crippen LogP contribution in [-0.4, -0.2) is 19.4 Å². The molecule has 0 unspecified atom stereocenters. The Kier molecular flexibility index (Phi) is 8.13. The molecule has 12 rings (SSSR count). The summed E-state index contributed by atoms with van der Waals surface area (Å²) in [7, 11) is 0. The highest BCUT2D eigenvalue weighted by molar-refractivity contribution is 6.23. The summed E-state index contributed by atoms with van der Waals surface area (Å²) >= 11 is 0. The van der Waals surface area contributed by atoms with E-state index in [2.05, 4.69) is 217 Å². The van der Waals surface area contributed by atoms with Gasteiger partial charge in [0.2, 0.25) is 0 Å². The van der Waals surface area contributed by atoms with Gasteiger partial charge >= 0.3 is 0 Å². The second-order valence-electron chi connectivity index (χ2n) is 15.6. The zero-order chi connectivity index (χ0) is 40.3. The number of para-hydroxylation sites is 2. The number of hydrogen-bond donors (Lipinski definition) is 0. The SMILES string of the molecule is c1ccc(-c2ccc(-c3nc(-c4ccc(-c5cccc(-c6ccccc6)c5)cc4)nc(-c4cccc(-c5ccc6c(c5)c5cccc7c8ccccc8n6c75)c4)n3)cc2)cc1. The summed E-state index contributed by atoms with van der Waals surface area (Å²) in [5.74, 6) is 1.88. The van der Waals surface area contributed by atoms with Gasteiger partial charge in [0, 0.05) is 38.2 Å². The lowest BCUT2D eigenvalue weighted by atomic mass is 9.98. The smallest absolute Gasteiger partial charge is 0.164 e. The Bertz CT molecular complexity index is 3550. The van der Waals surface area contributed by atoms with Crippen LogP contribution < -0.4 is 0 Å². The first-order chi connectivity index (χ1) is 30.2. The van der Waals surface area contributed by atoms with Crippen LogP contribution >= 0.6 is 0 Å². The molecule has 284 valence electrons. The van der Waals surface area contributed by atoms with Gasteiger partial charge in [-0.25, -0.2) is 15.0 Å². The summed E-state index contributed by atoms with van der Waals surface area (Å²) in [4.78, 5) is 15.4. The molecule has 4 nitrogen and oxygen atoms in total. The van der Waals surface area contributed by atoms with Crippen LogP contribution in [0.2, 0.25) is 0 Å². The minimum absolute atomic E-state index is 0.627. The first kappa shape index (κ1) is 34.8. The maximum absolute atomic E-state index is 5.16. The van der Waals surface area contributed by atoms with Crippen molar-refractivity contribution in [3.63, 3.8) is 0 Å². The predicted octanol–water partition coefficient (Wildman–Crippen LogP) is 14.7. The van der Waals surface area contributed by atoms with Gasteiger partial charge in [-0.1, -0.05) is 188 Å². The molecule has 0 spiro atoms. The number of fused-ring (bicyclic) bond motifs is 6.